The summed E-state index contributed by atoms with van der Waals surface area (Å²) < 4.78 is 33.0. The van der Waals surface area contributed by atoms with Crippen LogP contribution in [0.25, 0.3) is 0 Å². The van der Waals surface area contributed by atoms with E-state index in [1.165, 1.54) is 4.31 Å². The summed E-state index contributed by atoms with van der Waals surface area (Å²) in [5, 5.41) is 0.578. The highest BCUT2D eigenvalue weighted by atomic mass is 79.9. The number of anilines is 1. The zero-order valence-corrected chi connectivity index (χ0v) is 15.4. The molecule has 2 aromatic rings. The number of nitrogens with zero attached hydrogens (tertiary/aromatic N) is 1. The van der Waals surface area contributed by atoms with Crippen LogP contribution in [0, 0.1) is 6.92 Å². The monoisotopic (exact) mass is 395 g/mol. The zero-order chi connectivity index (χ0) is 16.6. The molecule has 1 aliphatic rings. The Balaban J connectivity index is 2.09. The second-order valence-electron chi connectivity index (χ2n) is 5.62. The number of rotatable bonds is 4. The van der Waals surface area contributed by atoms with Crippen LogP contribution in [0.15, 0.2) is 47.4 Å². The van der Waals surface area contributed by atoms with Crippen LogP contribution in [-0.4, -0.2) is 26.9 Å². The van der Waals surface area contributed by atoms with Crippen LogP contribution in [0.5, 0.6) is 5.75 Å². The average molecular weight is 396 g/mol. The van der Waals surface area contributed by atoms with Crippen LogP contribution >= 0.6 is 15.9 Å². The Bertz CT molecular complexity index is 818. The van der Waals surface area contributed by atoms with Crippen LogP contribution < -0.4 is 9.04 Å². The molecule has 0 aromatic heterocycles. The first-order valence-electron chi connectivity index (χ1n) is 7.31. The molecule has 2 aromatic carbocycles. The minimum Gasteiger partial charge on any atom is -0.497 e. The molecule has 0 saturated heterocycles. The van der Waals surface area contributed by atoms with Gasteiger partial charge in [-0.3, -0.25) is 4.31 Å². The third kappa shape index (κ3) is 2.85. The maximum Gasteiger partial charge on any atom is 0.264 e. The van der Waals surface area contributed by atoms with Gasteiger partial charge in [-0.25, -0.2) is 8.42 Å². The maximum absolute atomic E-state index is 13.1. The Kier molecular flexibility index (Phi) is 4.38. The molecule has 6 heteroatoms. The van der Waals surface area contributed by atoms with E-state index in [1.54, 1.807) is 25.3 Å². The van der Waals surface area contributed by atoms with E-state index in [-0.39, 0.29) is 6.04 Å². The standard InChI is InChI=1S/C17H18BrNO3S/c1-12-3-6-16(7-4-12)23(20,21)19-14(11-18)9-13-10-15(22-2)5-8-17(13)19/h3-8,10,14H,9,11H2,1-2H3/t14-/m1/s1. The van der Waals surface area contributed by atoms with Crippen LogP contribution in [0.2, 0.25) is 0 Å². The summed E-state index contributed by atoms with van der Waals surface area (Å²) >= 11 is 3.45. The third-order valence-corrected chi connectivity index (χ3v) is 6.70. The van der Waals surface area contributed by atoms with E-state index < -0.39 is 10.0 Å². The lowest BCUT2D eigenvalue weighted by molar-refractivity contribution is 0.414. The summed E-state index contributed by atoms with van der Waals surface area (Å²) in [4.78, 5) is 0.317. The number of alkyl halides is 1. The molecule has 0 unspecified atom stereocenters. The highest BCUT2D eigenvalue weighted by molar-refractivity contribution is 9.09. The zero-order valence-electron chi connectivity index (χ0n) is 13.0. The van der Waals surface area contributed by atoms with E-state index in [1.807, 2.05) is 31.2 Å². The fraction of sp³-hybridized carbons (Fsp3) is 0.294. The van der Waals surface area contributed by atoms with Gasteiger partial charge in [0.15, 0.2) is 0 Å². The van der Waals surface area contributed by atoms with Crippen molar-refractivity contribution in [2.24, 2.45) is 0 Å². The molecule has 0 saturated carbocycles. The van der Waals surface area contributed by atoms with Crippen molar-refractivity contribution in [1.29, 1.82) is 0 Å². The van der Waals surface area contributed by atoms with Crippen LogP contribution in [0.3, 0.4) is 0 Å². The van der Waals surface area contributed by atoms with Gasteiger partial charge in [0, 0.05) is 5.33 Å². The first kappa shape index (κ1) is 16.3. The minimum absolute atomic E-state index is 0.136. The Morgan fingerprint density at radius 1 is 1.22 bits per heavy atom. The largest absolute Gasteiger partial charge is 0.497 e. The molecule has 0 spiro atoms. The normalized spacial score (nSPS) is 17.2. The van der Waals surface area contributed by atoms with Gasteiger partial charge in [0.05, 0.1) is 23.7 Å². The van der Waals surface area contributed by atoms with Gasteiger partial charge in [-0.05, 0) is 49.2 Å². The van der Waals surface area contributed by atoms with Crippen LogP contribution in [-0.2, 0) is 16.4 Å². The highest BCUT2D eigenvalue weighted by Gasteiger charge is 2.38. The molecule has 122 valence electrons. The van der Waals surface area contributed by atoms with Gasteiger partial charge >= 0.3 is 0 Å². The average Bonchev–Trinajstić information content (AvgIpc) is 2.93. The Labute approximate surface area is 145 Å². The Morgan fingerprint density at radius 2 is 1.91 bits per heavy atom. The molecule has 0 bridgehead atoms. The smallest absolute Gasteiger partial charge is 0.264 e. The first-order valence-corrected chi connectivity index (χ1v) is 9.87. The predicted molar refractivity (Wildman–Crippen MR) is 95.1 cm³/mol. The number of halogens is 1. The number of hydrogen-bond donors (Lipinski definition) is 0. The van der Waals surface area contributed by atoms with Crippen molar-refractivity contribution in [3.63, 3.8) is 0 Å². The number of benzene rings is 2. The molecule has 1 heterocycles. The lowest BCUT2D eigenvalue weighted by Gasteiger charge is -2.25. The summed E-state index contributed by atoms with van der Waals surface area (Å²) in [6.07, 6.45) is 0.670. The quantitative estimate of drug-likeness (QED) is 0.743. The maximum atomic E-state index is 13.1. The van der Waals surface area contributed by atoms with E-state index in [0.29, 0.717) is 16.6 Å². The molecule has 0 amide bonds. The predicted octanol–water partition coefficient (Wildman–Crippen LogP) is 3.52. The van der Waals surface area contributed by atoms with E-state index in [9.17, 15) is 8.42 Å². The van der Waals surface area contributed by atoms with E-state index in [2.05, 4.69) is 15.9 Å². The van der Waals surface area contributed by atoms with E-state index >= 15 is 0 Å². The van der Waals surface area contributed by atoms with Crippen molar-refractivity contribution in [3.05, 3.63) is 53.6 Å². The summed E-state index contributed by atoms with van der Waals surface area (Å²) in [5.41, 5.74) is 2.76. The number of methoxy groups -OCH3 is 1. The van der Waals surface area contributed by atoms with Crippen molar-refractivity contribution < 1.29 is 13.2 Å². The third-order valence-electron chi connectivity index (χ3n) is 4.07. The highest BCUT2D eigenvalue weighted by Crippen LogP contribution is 2.39. The number of ether oxygens (including phenoxy) is 1. The van der Waals surface area contributed by atoms with Gasteiger partial charge in [-0.2, -0.15) is 0 Å². The van der Waals surface area contributed by atoms with Crippen molar-refractivity contribution in [2.75, 3.05) is 16.7 Å². The molecular weight excluding hydrogens is 378 g/mol. The van der Waals surface area contributed by atoms with E-state index in [0.717, 1.165) is 22.6 Å². The summed E-state index contributed by atoms with van der Waals surface area (Å²) in [6.45, 7) is 1.94. The van der Waals surface area contributed by atoms with Crippen LogP contribution in [0.4, 0.5) is 5.69 Å². The number of aryl methyl sites for hydroxylation is 1. The number of sulfonamides is 1. The molecule has 23 heavy (non-hydrogen) atoms. The molecule has 3 rings (SSSR count). The number of hydrogen-bond acceptors (Lipinski definition) is 3. The molecule has 1 aliphatic heterocycles. The van der Waals surface area contributed by atoms with Gasteiger partial charge in [0.1, 0.15) is 5.75 Å². The van der Waals surface area contributed by atoms with Gasteiger partial charge in [0.25, 0.3) is 10.0 Å². The molecule has 0 N–H and O–H groups in total. The van der Waals surface area contributed by atoms with Crippen molar-refractivity contribution in [1.82, 2.24) is 0 Å². The van der Waals surface area contributed by atoms with Crippen molar-refractivity contribution in [2.45, 2.75) is 24.3 Å². The lowest BCUT2D eigenvalue weighted by atomic mass is 10.1. The van der Waals surface area contributed by atoms with Crippen LogP contribution in [0.1, 0.15) is 11.1 Å². The van der Waals surface area contributed by atoms with E-state index in [4.69, 9.17) is 4.74 Å². The molecule has 0 aliphatic carbocycles. The topological polar surface area (TPSA) is 46.6 Å². The SMILES string of the molecule is COc1ccc2c(c1)C[C@H](CBr)N2S(=O)(=O)c1ccc(C)cc1. The summed E-state index contributed by atoms with van der Waals surface area (Å²) in [6, 6.07) is 12.4. The fourth-order valence-electron chi connectivity index (χ4n) is 2.87. The second kappa shape index (κ2) is 6.17. The summed E-state index contributed by atoms with van der Waals surface area (Å²) in [7, 11) is -1.98. The Hall–Kier alpha value is -1.53. The Morgan fingerprint density at radius 3 is 2.52 bits per heavy atom. The van der Waals surface area contributed by atoms with Gasteiger partial charge in [0.2, 0.25) is 0 Å². The second-order valence-corrected chi connectivity index (χ2v) is 8.08. The molecule has 4 nitrogen and oxygen atoms in total. The summed E-state index contributed by atoms with van der Waals surface area (Å²) in [5.74, 6) is 0.742. The van der Waals surface area contributed by atoms with Crippen molar-refractivity contribution >= 4 is 31.6 Å². The van der Waals surface area contributed by atoms with Gasteiger partial charge < -0.3 is 4.74 Å². The molecular formula is C17H18BrNO3S. The molecule has 0 fully saturated rings. The van der Waals surface area contributed by atoms with Gasteiger partial charge in [-0.15, -0.1) is 0 Å². The molecule has 0 radical (unpaired) electrons. The fourth-order valence-corrected chi connectivity index (χ4v) is 5.26. The number of fused-ring (bicyclic) bond motifs is 1. The lowest BCUT2D eigenvalue weighted by Crippen LogP contribution is -2.38. The minimum atomic E-state index is -3.59. The first-order chi connectivity index (χ1) is 11.0. The molecule has 1 atom stereocenters. The van der Waals surface area contributed by atoms with Crippen molar-refractivity contribution in [3.8, 4) is 5.75 Å². The van der Waals surface area contributed by atoms with Gasteiger partial charge in [-0.1, -0.05) is 33.6 Å².